The molecule has 2 unspecified atom stereocenters. The van der Waals surface area contributed by atoms with Crippen LogP contribution in [0.5, 0.6) is 0 Å². The molecule has 2 aromatic rings. The Bertz CT molecular complexity index is 1130. The number of amides is 3. The normalized spacial score (nSPS) is 17.2. The molecule has 0 aliphatic carbocycles. The zero-order valence-corrected chi connectivity index (χ0v) is 22.1. The summed E-state index contributed by atoms with van der Waals surface area (Å²) in [7, 11) is 1.65. The number of primary amides is 1. The molecule has 0 aromatic heterocycles. The number of aliphatic imine (C=N–C) groups is 1. The molecular formula is C28H35ClN4O3. The van der Waals surface area contributed by atoms with Crippen molar-refractivity contribution in [3.63, 3.8) is 0 Å². The van der Waals surface area contributed by atoms with Gasteiger partial charge in [-0.2, -0.15) is 0 Å². The zero-order chi connectivity index (χ0) is 26.4. The number of carbonyl (C=O) groups is 3. The van der Waals surface area contributed by atoms with E-state index in [1.165, 1.54) is 4.90 Å². The topological polar surface area (TPSA) is 105 Å². The molecule has 1 aliphatic heterocycles. The highest BCUT2D eigenvalue weighted by molar-refractivity contribution is 6.32. The fourth-order valence-corrected chi connectivity index (χ4v) is 4.81. The highest BCUT2D eigenvalue weighted by Gasteiger charge is 2.37. The summed E-state index contributed by atoms with van der Waals surface area (Å²) in [5.74, 6) is -2.38. The van der Waals surface area contributed by atoms with Crippen molar-refractivity contribution in [3.05, 3.63) is 64.7 Å². The summed E-state index contributed by atoms with van der Waals surface area (Å²) in [6.45, 7) is 6.02. The fraction of sp³-hybridized carbons (Fsp3) is 0.429. The minimum absolute atomic E-state index is 0.159. The SMILES string of the molecule is CCCCC(C(N)=O)C(CC(C)C)C(=O)N[C@H]1N=C(c2ccccc2)c2cc(Cl)ccc2N(C)C1=O. The van der Waals surface area contributed by atoms with E-state index in [9.17, 15) is 14.4 Å². The molecule has 192 valence electrons. The van der Waals surface area contributed by atoms with E-state index in [1.54, 1.807) is 25.2 Å². The lowest BCUT2D eigenvalue weighted by molar-refractivity contribution is -0.136. The van der Waals surface area contributed by atoms with Gasteiger partial charge >= 0.3 is 0 Å². The van der Waals surface area contributed by atoms with Gasteiger partial charge in [0.15, 0.2) is 0 Å². The van der Waals surface area contributed by atoms with Crippen molar-refractivity contribution in [2.75, 3.05) is 11.9 Å². The lowest BCUT2D eigenvalue weighted by Gasteiger charge is -2.27. The van der Waals surface area contributed by atoms with E-state index in [4.69, 9.17) is 22.3 Å². The van der Waals surface area contributed by atoms with Gasteiger partial charge in [0.05, 0.1) is 11.4 Å². The minimum atomic E-state index is -1.17. The highest BCUT2D eigenvalue weighted by atomic mass is 35.5. The first kappa shape index (κ1) is 27.4. The molecule has 0 spiro atoms. The van der Waals surface area contributed by atoms with Gasteiger partial charge in [0.2, 0.25) is 18.0 Å². The molecule has 3 N–H and O–H groups in total. The van der Waals surface area contributed by atoms with Crippen LogP contribution in [-0.4, -0.2) is 36.6 Å². The summed E-state index contributed by atoms with van der Waals surface area (Å²) < 4.78 is 0. The van der Waals surface area contributed by atoms with Crippen LogP contribution in [0, 0.1) is 17.8 Å². The molecule has 0 bridgehead atoms. The van der Waals surface area contributed by atoms with Crippen molar-refractivity contribution >= 4 is 40.7 Å². The number of benzodiazepines with no additional fused rings is 1. The van der Waals surface area contributed by atoms with Crippen molar-refractivity contribution in [2.45, 2.75) is 52.6 Å². The van der Waals surface area contributed by atoms with Crippen LogP contribution in [0.15, 0.2) is 53.5 Å². The third-order valence-electron chi connectivity index (χ3n) is 6.51. The number of nitrogens with one attached hydrogen (secondary N) is 1. The Morgan fingerprint density at radius 2 is 1.83 bits per heavy atom. The molecule has 0 saturated carbocycles. The number of hydrogen-bond donors (Lipinski definition) is 2. The van der Waals surface area contributed by atoms with Crippen molar-refractivity contribution in [3.8, 4) is 0 Å². The van der Waals surface area contributed by atoms with Gasteiger partial charge in [-0.1, -0.05) is 75.5 Å². The first-order valence-electron chi connectivity index (χ1n) is 12.4. The predicted octanol–water partition coefficient (Wildman–Crippen LogP) is 4.55. The number of rotatable bonds is 10. The molecule has 8 heteroatoms. The summed E-state index contributed by atoms with van der Waals surface area (Å²) >= 11 is 6.31. The maximum Gasteiger partial charge on any atom is 0.272 e. The van der Waals surface area contributed by atoms with Crippen molar-refractivity contribution in [2.24, 2.45) is 28.5 Å². The van der Waals surface area contributed by atoms with Gasteiger partial charge in [0.25, 0.3) is 5.91 Å². The maximum absolute atomic E-state index is 13.6. The summed E-state index contributed by atoms with van der Waals surface area (Å²) in [5, 5.41) is 3.36. The number of nitrogens with zero attached hydrogens (tertiary/aromatic N) is 2. The van der Waals surface area contributed by atoms with E-state index in [0.29, 0.717) is 34.8 Å². The summed E-state index contributed by atoms with van der Waals surface area (Å²) in [6, 6.07) is 14.7. The monoisotopic (exact) mass is 510 g/mol. The van der Waals surface area contributed by atoms with Crippen LogP contribution in [0.25, 0.3) is 0 Å². The van der Waals surface area contributed by atoms with Gasteiger partial charge in [-0.15, -0.1) is 0 Å². The van der Waals surface area contributed by atoms with E-state index in [0.717, 1.165) is 18.4 Å². The third-order valence-corrected chi connectivity index (χ3v) is 6.74. The van der Waals surface area contributed by atoms with E-state index in [-0.39, 0.29) is 11.8 Å². The van der Waals surface area contributed by atoms with Crippen molar-refractivity contribution in [1.82, 2.24) is 5.32 Å². The average molecular weight is 511 g/mol. The third kappa shape index (κ3) is 6.32. The minimum Gasteiger partial charge on any atom is -0.369 e. The average Bonchev–Trinajstić information content (AvgIpc) is 2.94. The first-order valence-corrected chi connectivity index (χ1v) is 12.8. The molecule has 1 aliphatic rings. The Hall–Kier alpha value is -3.19. The molecule has 36 heavy (non-hydrogen) atoms. The van der Waals surface area contributed by atoms with E-state index in [1.807, 2.05) is 51.1 Å². The number of fused-ring (bicyclic) bond motifs is 1. The Balaban J connectivity index is 2.04. The molecular weight excluding hydrogens is 476 g/mol. The summed E-state index contributed by atoms with van der Waals surface area (Å²) in [5.41, 5.74) is 8.41. The van der Waals surface area contributed by atoms with Crippen LogP contribution in [0.3, 0.4) is 0 Å². The predicted molar refractivity (Wildman–Crippen MR) is 144 cm³/mol. The summed E-state index contributed by atoms with van der Waals surface area (Å²) in [6.07, 6.45) is 1.51. The van der Waals surface area contributed by atoms with Crippen molar-refractivity contribution < 1.29 is 14.4 Å². The lowest BCUT2D eigenvalue weighted by atomic mass is 9.81. The maximum atomic E-state index is 13.6. The van der Waals surface area contributed by atoms with E-state index >= 15 is 0 Å². The molecule has 1 heterocycles. The highest BCUT2D eigenvalue weighted by Crippen LogP contribution is 2.31. The van der Waals surface area contributed by atoms with Gasteiger partial charge in [0, 0.05) is 35.0 Å². The second-order valence-corrected chi connectivity index (χ2v) is 10.1. The Labute approximate surface area is 218 Å². The number of halogens is 1. The molecule has 2 aromatic carbocycles. The summed E-state index contributed by atoms with van der Waals surface area (Å²) in [4.78, 5) is 45.7. The van der Waals surface area contributed by atoms with Gasteiger partial charge in [-0.3, -0.25) is 14.4 Å². The van der Waals surface area contributed by atoms with Gasteiger partial charge in [0.1, 0.15) is 0 Å². The molecule has 0 saturated heterocycles. The van der Waals surface area contributed by atoms with E-state index in [2.05, 4.69) is 5.32 Å². The number of carbonyl (C=O) groups excluding carboxylic acids is 3. The fourth-order valence-electron chi connectivity index (χ4n) is 4.64. The number of benzene rings is 2. The van der Waals surface area contributed by atoms with Gasteiger partial charge in [-0.25, -0.2) is 4.99 Å². The van der Waals surface area contributed by atoms with E-state index < -0.39 is 29.8 Å². The Morgan fingerprint density at radius 3 is 2.44 bits per heavy atom. The smallest absolute Gasteiger partial charge is 0.272 e. The molecule has 0 fully saturated rings. The van der Waals surface area contributed by atoms with Crippen LogP contribution in [-0.2, 0) is 14.4 Å². The second kappa shape index (κ2) is 12.2. The molecule has 0 radical (unpaired) electrons. The molecule has 3 amide bonds. The lowest BCUT2D eigenvalue weighted by Crippen LogP contribution is -2.50. The largest absolute Gasteiger partial charge is 0.369 e. The Morgan fingerprint density at radius 1 is 1.14 bits per heavy atom. The van der Waals surface area contributed by atoms with Crippen LogP contribution in [0.2, 0.25) is 5.02 Å². The Kier molecular flexibility index (Phi) is 9.26. The zero-order valence-electron chi connectivity index (χ0n) is 21.3. The van der Waals surface area contributed by atoms with Crippen LogP contribution < -0.4 is 16.0 Å². The van der Waals surface area contributed by atoms with Crippen LogP contribution >= 0.6 is 11.6 Å². The molecule has 7 nitrogen and oxygen atoms in total. The quantitative estimate of drug-likeness (QED) is 0.489. The number of anilines is 1. The van der Waals surface area contributed by atoms with Crippen molar-refractivity contribution in [1.29, 1.82) is 0 Å². The number of nitrogens with two attached hydrogens (primary N) is 1. The number of hydrogen-bond acceptors (Lipinski definition) is 4. The second-order valence-electron chi connectivity index (χ2n) is 9.70. The first-order chi connectivity index (χ1) is 17.1. The van der Waals surface area contributed by atoms with Gasteiger partial charge < -0.3 is 16.0 Å². The molecule has 3 rings (SSSR count). The standard InChI is InChI=1S/C28H35ClN4O3/c1-5-6-12-20(25(30)34)21(15-17(2)3)27(35)32-26-28(36)33(4)23-14-13-19(29)16-22(23)24(31-26)18-10-8-7-9-11-18/h7-11,13-14,16-17,20-21,26H,5-6,12,15H2,1-4H3,(H2,30,34)(H,32,35)/t20?,21?,26-/m1/s1. The number of unbranched alkanes of at least 4 members (excludes halogenated alkanes) is 1. The van der Waals surface area contributed by atoms with Crippen LogP contribution in [0.4, 0.5) is 5.69 Å². The number of likely N-dealkylation sites (N-methyl/N-ethyl adjacent to an activating group) is 1. The van der Waals surface area contributed by atoms with Gasteiger partial charge in [-0.05, 0) is 37.0 Å². The molecule has 3 atom stereocenters. The van der Waals surface area contributed by atoms with Crippen LogP contribution in [0.1, 0.15) is 57.6 Å².